The van der Waals surface area contributed by atoms with Gasteiger partial charge in [-0.15, -0.1) is 0 Å². The third-order valence-electron chi connectivity index (χ3n) is 2.94. The molecule has 1 aliphatic carbocycles. The zero-order valence-corrected chi connectivity index (χ0v) is 7.86. The maximum absolute atomic E-state index is 11.0. The largest absolute Gasteiger partial charge is 0.508 e. The number of phenolic OH excluding ortho intramolecular Hbond substituents is 1. The van der Waals surface area contributed by atoms with Gasteiger partial charge in [0.05, 0.1) is 0 Å². The topological polar surface area (TPSA) is 63.3 Å². The summed E-state index contributed by atoms with van der Waals surface area (Å²) < 4.78 is 0. The van der Waals surface area contributed by atoms with Gasteiger partial charge in [0.1, 0.15) is 11.5 Å². The third kappa shape index (κ3) is 1.30. The first-order chi connectivity index (χ1) is 6.66. The van der Waals surface area contributed by atoms with Gasteiger partial charge in [-0.2, -0.15) is 0 Å². The number of Topliss-reactive ketones (excluding diaryl/α,β-unsaturated/α-hetero) is 1. The molecule has 74 valence electrons. The number of aromatic hydroxyl groups is 1. The molecule has 0 atom stereocenters. The molecule has 0 radical (unpaired) electrons. The number of phenols is 1. The molecule has 1 fully saturated rings. The van der Waals surface area contributed by atoms with E-state index < -0.39 is 0 Å². The molecule has 0 saturated heterocycles. The molecule has 1 aliphatic rings. The van der Waals surface area contributed by atoms with Crippen LogP contribution >= 0.6 is 0 Å². The molecule has 0 heterocycles. The number of nitrogens with two attached hydrogens (primary N) is 1. The average Bonchev–Trinajstić information content (AvgIpc) is 2.14. The van der Waals surface area contributed by atoms with E-state index in [4.69, 9.17) is 10.8 Å². The second kappa shape index (κ2) is 3.10. The smallest absolute Gasteiger partial charge is 0.134 e. The minimum Gasteiger partial charge on any atom is -0.508 e. The van der Waals surface area contributed by atoms with E-state index in [1.165, 1.54) is 0 Å². The normalized spacial score (nSPS) is 19.1. The number of ketones is 1. The summed E-state index contributed by atoms with van der Waals surface area (Å²) in [6.07, 6.45) is 1.07. The molecule has 0 bridgehead atoms. The van der Waals surface area contributed by atoms with Crippen LogP contribution in [0.2, 0.25) is 0 Å². The van der Waals surface area contributed by atoms with Crippen molar-refractivity contribution in [1.29, 1.82) is 0 Å². The quantitative estimate of drug-likeness (QED) is 0.731. The lowest BCUT2D eigenvalue weighted by Crippen LogP contribution is -2.47. The van der Waals surface area contributed by atoms with Gasteiger partial charge in [0.25, 0.3) is 0 Å². The minimum atomic E-state index is -0.162. The van der Waals surface area contributed by atoms with E-state index in [1.807, 2.05) is 12.1 Å². The summed E-state index contributed by atoms with van der Waals surface area (Å²) in [5, 5.41) is 9.14. The summed E-state index contributed by atoms with van der Waals surface area (Å²) >= 11 is 0. The molecule has 1 aromatic rings. The summed E-state index contributed by atoms with van der Waals surface area (Å²) in [6.45, 7) is 0.490. The van der Waals surface area contributed by atoms with Crippen LogP contribution in [0.5, 0.6) is 5.75 Å². The maximum Gasteiger partial charge on any atom is 0.134 e. The highest BCUT2D eigenvalue weighted by Crippen LogP contribution is 2.40. The van der Waals surface area contributed by atoms with Crippen molar-refractivity contribution in [1.82, 2.24) is 0 Å². The molecule has 0 spiro atoms. The van der Waals surface area contributed by atoms with Crippen LogP contribution in [0.4, 0.5) is 0 Å². The van der Waals surface area contributed by atoms with Gasteiger partial charge in [0, 0.05) is 24.8 Å². The van der Waals surface area contributed by atoms with Crippen LogP contribution < -0.4 is 5.73 Å². The van der Waals surface area contributed by atoms with Crippen molar-refractivity contribution in [2.75, 3.05) is 6.54 Å². The minimum absolute atomic E-state index is 0.162. The van der Waals surface area contributed by atoms with Crippen molar-refractivity contribution in [2.45, 2.75) is 18.3 Å². The van der Waals surface area contributed by atoms with Gasteiger partial charge in [0.2, 0.25) is 0 Å². The number of benzene rings is 1. The predicted octanol–water partition coefficient (Wildman–Crippen LogP) is 0.952. The van der Waals surface area contributed by atoms with Gasteiger partial charge in [0.15, 0.2) is 0 Å². The van der Waals surface area contributed by atoms with Crippen LogP contribution in [0.1, 0.15) is 18.4 Å². The van der Waals surface area contributed by atoms with E-state index in [2.05, 4.69) is 0 Å². The number of carbonyl (C=O) groups is 1. The van der Waals surface area contributed by atoms with E-state index in [0.29, 0.717) is 19.4 Å². The zero-order chi connectivity index (χ0) is 10.2. The van der Waals surface area contributed by atoms with Crippen molar-refractivity contribution in [3.8, 4) is 5.75 Å². The van der Waals surface area contributed by atoms with Crippen molar-refractivity contribution >= 4 is 5.78 Å². The Bertz CT molecular complexity index is 348. The van der Waals surface area contributed by atoms with Gasteiger partial charge >= 0.3 is 0 Å². The molecule has 1 saturated carbocycles. The molecule has 3 nitrogen and oxygen atoms in total. The molecule has 2 rings (SSSR count). The number of hydrogen-bond acceptors (Lipinski definition) is 3. The third-order valence-corrected chi connectivity index (χ3v) is 2.94. The van der Waals surface area contributed by atoms with Crippen LogP contribution in [0.15, 0.2) is 24.3 Å². The maximum atomic E-state index is 11.0. The molecular formula is C11H13NO2. The van der Waals surface area contributed by atoms with Crippen LogP contribution in [-0.2, 0) is 10.2 Å². The lowest BCUT2D eigenvalue weighted by molar-refractivity contribution is -0.128. The first-order valence-corrected chi connectivity index (χ1v) is 4.68. The van der Waals surface area contributed by atoms with E-state index in [-0.39, 0.29) is 16.9 Å². The Labute approximate surface area is 82.5 Å². The number of hydrogen-bond donors (Lipinski definition) is 2. The molecule has 3 heteroatoms. The van der Waals surface area contributed by atoms with Crippen LogP contribution in [-0.4, -0.2) is 17.4 Å². The summed E-state index contributed by atoms with van der Waals surface area (Å²) in [5.41, 5.74) is 6.58. The molecule has 0 unspecified atom stereocenters. The van der Waals surface area contributed by atoms with E-state index in [9.17, 15) is 4.79 Å². The van der Waals surface area contributed by atoms with Crippen molar-refractivity contribution in [2.24, 2.45) is 5.73 Å². The zero-order valence-electron chi connectivity index (χ0n) is 7.86. The van der Waals surface area contributed by atoms with Crippen LogP contribution in [0, 0.1) is 0 Å². The molecular weight excluding hydrogens is 178 g/mol. The first-order valence-electron chi connectivity index (χ1n) is 4.68. The monoisotopic (exact) mass is 191 g/mol. The molecule has 3 N–H and O–H groups in total. The second-order valence-electron chi connectivity index (χ2n) is 3.92. The van der Waals surface area contributed by atoms with Crippen LogP contribution in [0.25, 0.3) is 0 Å². The molecule has 0 aliphatic heterocycles. The van der Waals surface area contributed by atoms with Gasteiger partial charge in [-0.3, -0.25) is 4.79 Å². The van der Waals surface area contributed by atoms with Gasteiger partial charge in [-0.05, 0) is 17.7 Å². The SMILES string of the molecule is NCC1(c2ccc(O)cc2)CC(=O)C1. The summed E-state index contributed by atoms with van der Waals surface area (Å²) in [6, 6.07) is 6.95. The van der Waals surface area contributed by atoms with Gasteiger partial charge < -0.3 is 10.8 Å². The molecule has 1 aromatic carbocycles. The van der Waals surface area contributed by atoms with Crippen LogP contribution in [0.3, 0.4) is 0 Å². The predicted molar refractivity (Wildman–Crippen MR) is 53.1 cm³/mol. The van der Waals surface area contributed by atoms with Crippen molar-refractivity contribution < 1.29 is 9.90 Å². The fourth-order valence-electron chi connectivity index (χ4n) is 1.98. The summed E-state index contributed by atoms with van der Waals surface area (Å²) in [7, 11) is 0. The fraction of sp³-hybridized carbons (Fsp3) is 0.364. The Hall–Kier alpha value is -1.35. The van der Waals surface area contributed by atoms with E-state index in [1.54, 1.807) is 12.1 Å². The van der Waals surface area contributed by atoms with Gasteiger partial charge in [-0.25, -0.2) is 0 Å². The molecule has 14 heavy (non-hydrogen) atoms. The summed E-state index contributed by atoms with van der Waals surface area (Å²) in [4.78, 5) is 11.0. The Morgan fingerprint density at radius 3 is 2.29 bits per heavy atom. The first kappa shape index (κ1) is 9.21. The second-order valence-corrected chi connectivity index (χ2v) is 3.92. The Balaban J connectivity index is 2.29. The highest BCUT2D eigenvalue weighted by molar-refractivity contribution is 5.88. The number of carbonyl (C=O) groups excluding carboxylic acids is 1. The molecule has 0 aromatic heterocycles. The highest BCUT2D eigenvalue weighted by atomic mass is 16.3. The van der Waals surface area contributed by atoms with Crippen molar-refractivity contribution in [3.05, 3.63) is 29.8 Å². The van der Waals surface area contributed by atoms with Gasteiger partial charge in [-0.1, -0.05) is 12.1 Å². The standard InChI is InChI=1S/C11H13NO2/c12-7-11(5-10(14)6-11)8-1-3-9(13)4-2-8/h1-4,13H,5-7,12H2. The summed E-state index contributed by atoms with van der Waals surface area (Å²) in [5.74, 6) is 0.509. The Morgan fingerprint density at radius 2 is 1.86 bits per heavy atom. The van der Waals surface area contributed by atoms with E-state index in [0.717, 1.165) is 5.56 Å². The average molecular weight is 191 g/mol. The van der Waals surface area contributed by atoms with Crippen molar-refractivity contribution in [3.63, 3.8) is 0 Å². The lowest BCUT2D eigenvalue weighted by atomic mass is 9.64. The Kier molecular flexibility index (Phi) is 2.04. The molecule has 0 amide bonds. The Morgan fingerprint density at radius 1 is 1.29 bits per heavy atom. The highest BCUT2D eigenvalue weighted by Gasteiger charge is 2.43. The number of rotatable bonds is 2. The van der Waals surface area contributed by atoms with E-state index >= 15 is 0 Å². The lowest BCUT2D eigenvalue weighted by Gasteiger charge is -2.39. The fourth-order valence-corrected chi connectivity index (χ4v) is 1.98.